The molecule has 1 aromatic heterocycles. The van der Waals surface area contributed by atoms with Gasteiger partial charge in [-0.2, -0.15) is 0 Å². The van der Waals surface area contributed by atoms with Crippen LogP contribution in [0, 0.1) is 0 Å². The van der Waals surface area contributed by atoms with Crippen LogP contribution in [0.1, 0.15) is 39.6 Å². The molecular weight excluding hydrogens is 372 g/mol. The SMILES string of the molecule is Nc1c(C(=O)NC2CCc3c(OCc4ccccc4)cccc32)[nH]c(=O)[nH]c1=O. The maximum atomic E-state index is 12.6. The van der Waals surface area contributed by atoms with Crippen LogP contribution in [0.3, 0.4) is 0 Å². The Labute approximate surface area is 165 Å². The first-order valence-electron chi connectivity index (χ1n) is 9.24. The molecule has 0 fully saturated rings. The molecule has 148 valence electrons. The molecule has 1 atom stereocenters. The minimum Gasteiger partial charge on any atom is -0.489 e. The van der Waals surface area contributed by atoms with Crippen LogP contribution in [0.25, 0.3) is 0 Å². The average molecular weight is 392 g/mol. The predicted octanol–water partition coefficient (Wildman–Crippen LogP) is 1.64. The van der Waals surface area contributed by atoms with Gasteiger partial charge in [-0.1, -0.05) is 42.5 Å². The van der Waals surface area contributed by atoms with Crippen LogP contribution in [0.4, 0.5) is 5.69 Å². The van der Waals surface area contributed by atoms with Gasteiger partial charge < -0.3 is 20.8 Å². The molecule has 29 heavy (non-hydrogen) atoms. The molecule has 1 amide bonds. The zero-order chi connectivity index (χ0) is 20.4. The first-order valence-corrected chi connectivity index (χ1v) is 9.24. The van der Waals surface area contributed by atoms with Crippen LogP contribution in [-0.4, -0.2) is 15.9 Å². The fourth-order valence-electron chi connectivity index (χ4n) is 3.55. The minimum absolute atomic E-state index is 0.233. The lowest BCUT2D eigenvalue weighted by Gasteiger charge is -2.16. The Morgan fingerprint density at radius 1 is 1.10 bits per heavy atom. The molecule has 4 rings (SSSR count). The number of carbonyl (C=O) groups is 1. The molecule has 0 aliphatic heterocycles. The Hall–Kier alpha value is -3.81. The second-order valence-corrected chi connectivity index (χ2v) is 6.86. The summed E-state index contributed by atoms with van der Waals surface area (Å²) in [6, 6.07) is 15.3. The molecule has 0 spiro atoms. The number of hydrogen-bond donors (Lipinski definition) is 4. The van der Waals surface area contributed by atoms with Gasteiger partial charge in [-0.3, -0.25) is 14.6 Å². The third-order valence-electron chi connectivity index (χ3n) is 4.98. The first-order chi connectivity index (χ1) is 14.0. The second-order valence-electron chi connectivity index (χ2n) is 6.86. The molecule has 1 unspecified atom stereocenters. The van der Waals surface area contributed by atoms with Gasteiger partial charge in [-0.25, -0.2) is 4.79 Å². The summed E-state index contributed by atoms with van der Waals surface area (Å²) in [7, 11) is 0. The summed E-state index contributed by atoms with van der Waals surface area (Å²) >= 11 is 0. The largest absolute Gasteiger partial charge is 0.489 e. The Balaban J connectivity index is 1.53. The summed E-state index contributed by atoms with van der Waals surface area (Å²) in [4.78, 5) is 40.0. The number of aromatic nitrogens is 2. The summed E-state index contributed by atoms with van der Waals surface area (Å²) in [5.41, 5.74) is 6.59. The van der Waals surface area contributed by atoms with Gasteiger partial charge in [-0.05, 0) is 35.6 Å². The number of carbonyl (C=O) groups excluding carboxylic acids is 1. The van der Waals surface area contributed by atoms with Crippen LogP contribution >= 0.6 is 0 Å². The Morgan fingerprint density at radius 2 is 1.90 bits per heavy atom. The third-order valence-corrected chi connectivity index (χ3v) is 4.98. The van der Waals surface area contributed by atoms with Crippen molar-refractivity contribution < 1.29 is 9.53 Å². The van der Waals surface area contributed by atoms with Crippen LogP contribution in [-0.2, 0) is 13.0 Å². The Kier molecular flexibility index (Phi) is 4.90. The maximum Gasteiger partial charge on any atom is 0.326 e. The molecule has 3 aromatic rings. The fraction of sp³-hybridized carbons (Fsp3) is 0.190. The van der Waals surface area contributed by atoms with Gasteiger partial charge in [0.15, 0.2) is 0 Å². The quantitative estimate of drug-likeness (QED) is 0.524. The molecule has 5 N–H and O–H groups in total. The smallest absolute Gasteiger partial charge is 0.326 e. The van der Waals surface area contributed by atoms with Crippen molar-refractivity contribution in [3.05, 3.63) is 91.8 Å². The standard InChI is InChI=1S/C21H20N4O4/c22-17-18(24-21(28)25-19(17)26)20(27)23-15-10-9-14-13(15)7-4-8-16(14)29-11-12-5-2-1-3-6-12/h1-8,15H,9-11,22H2,(H,23,27)(H2,24,25,26,28). The van der Waals surface area contributed by atoms with Crippen LogP contribution < -0.4 is 27.0 Å². The lowest BCUT2D eigenvalue weighted by Crippen LogP contribution is -2.34. The lowest BCUT2D eigenvalue weighted by molar-refractivity contribution is 0.0932. The second kappa shape index (κ2) is 7.67. The minimum atomic E-state index is -0.790. The number of H-pyrrole nitrogens is 2. The average Bonchev–Trinajstić information content (AvgIpc) is 3.13. The summed E-state index contributed by atoms with van der Waals surface area (Å²) in [5, 5.41) is 2.85. The number of fused-ring (bicyclic) bond motifs is 1. The summed E-state index contributed by atoms with van der Waals surface area (Å²) < 4.78 is 6.00. The topological polar surface area (TPSA) is 130 Å². The van der Waals surface area contributed by atoms with Gasteiger partial charge in [0, 0.05) is 0 Å². The number of aromatic amines is 2. The van der Waals surface area contributed by atoms with E-state index in [0.29, 0.717) is 13.0 Å². The van der Waals surface area contributed by atoms with Crippen molar-refractivity contribution in [1.29, 1.82) is 0 Å². The van der Waals surface area contributed by atoms with E-state index in [1.807, 2.05) is 53.5 Å². The lowest BCUT2D eigenvalue weighted by atomic mass is 10.1. The van der Waals surface area contributed by atoms with Crippen LogP contribution in [0.2, 0.25) is 0 Å². The van der Waals surface area contributed by atoms with Crippen molar-refractivity contribution in [2.45, 2.75) is 25.5 Å². The summed E-state index contributed by atoms with van der Waals surface area (Å²) in [5.74, 6) is 0.186. The number of anilines is 1. The Bertz CT molecular complexity index is 1170. The predicted molar refractivity (Wildman–Crippen MR) is 108 cm³/mol. The monoisotopic (exact) mass is 392 g/mol. The van der Waals surface area contributed by atoms with Gasteiger partial charge in [0.05, 0.1) is 6.04 Å². The van der Waals surface area contributed by atoms with Crippen molar-refractivity contribution >= 4 is 11.6 Å². The molecule has 2 aromatic carbocycles. The molecule has 0 saturated carbocycles. The molecule has 8 nitrogen and oxygen atoms in total. The van der Waals surface area contributed by atoms with E-state index in [1.54, 1.807) is 0 Å². The Morgan fingerprint density at radius 3 is 2.69 bits per heavy atom. The highest BCUT2D eigenvalue weighted by Crippen LogP contribution is 2.37. The van der Waals surface area contributed by atoms with Gasteiger partial charge in [0.25, 0.3) is 11.5 Å². The van der Waals surface area contributed by atoms with E-state index >= 15 is 0 Å². The first kappa shape index (κ1) is 18.5. The summed E-state index contributed by atoms with van der Waals surface area (Å²) in [6.45, 7) is 0.457. The molecule has 1 aliphatic carbocycles. The van der Waals surface area contributed by atoms with Crippen LogP contribution in [0.15, 0.2) is 58.1 Å². The van der Waals surface area contributed by atoms with Crippen molar-refractivity contribution in [2.24, 2.45) is 0 Å². The zero-order valence-corrected chi connectivity index (χ0v) is 15.5. The number of benzene rings is 2. The number of rotatable bonds is 5. The molecule has 1 aliphatic rings. The van der Waals surface area contributed by atoms with Crippen molar-refractivity contribution in [1.82, 2.24) is 15.3 Å². The number of amides is 1. The number of nitrogen functional groups attached to an aromatic ring is 1. The normalized spacial score (nSPS) is 15.0. The van der Waals surface area contributed by atoms with Gasteiger partial charge in [0.1, 0.15) is 23.7 Å². The van der Waals surface area contributed by atoms with E-state index in [9.17, 15) is 14.4 Å². The number of nitrogens with one attached hydrogen (secondary N) is 3. The summed E-state index contributed by atoms with van der Waals surface area (Å²) in [6.07, 6.45) is 1.42. The van der Waals surface area contributed by atoms with Gasteiger partial charge in [-0.15, -0.1) is 0 Å². The number of nitrogens with two attached hydrogens (primary N) is 1. The highest BCUT2D eigenvalue weighted by Gasteiger charge is 2.28. The van der Waals surface area contributed by atoms with Crippen molar-refractivity contribution in [3.8, 4) is 5.75 Å². The molecule has 0 saturated heterocycles. The molecule has 8 heteroatoms. The highest BCUT2D eigenvalue weighted by atomic mass is 16.5. The van der Waals surface area contributed by atoms with E-state index in [1.165, 1.54) is 0 Å². The van der Waals surface area contributed by atoms with Crippen molar-refractivity contribution in [2.75, 3.05) is 5.73 Å². The van der Waals surface area contributed by atoms with E-state index < -0.39 is 17.2 Å². The molecule has 0 radical (unpaired) electrons. The van der Waals surface area contributed by atoms with Gasteiger partial charge >= 0.3 is 5.69 Å². The maximum absolute atomic E-state index is 12.6. The zero-order valence-electron chi connectivity index (χ0n) is 15.5. The van der Waals surface area contributed by atoms with E-state index in [0.717, 1.165) is 28.9 Å². The highest BCUT2D eigenvalue weighted by molar-refractivity contribution is 5.97. The number of hydrogen-bond acceptors (Lipinski definition) is 5. The molecular formula is C21H20N4O4. The van der Waals surface area contributed by atoms with E-state index in [4.69, 9.17) is 10.5 Å². The van der Waals surface area contributed by atoms with E-state index in [-0.39, 0.29) is 17.4 Å². The number of ether oxygens (including phenoxy) is 1. The van der Waals surface area contributed by atoms with Crippen molar-refractivity contribution in [3.63, 3.8) is 0 Å². The van der Waals surface area contributed by atoms with E-state index in [2.05, 4.69) is 10.3 Å². The third kappa shape index (κ3) is 3.77. The van der Waals surface area contributed by atoms with Gasteiger partial charge in [0.2, 0.25) is 0 Å². The fourth-order valence-corrected chi connectivity index (χ4v) is 3.55. The molecule has 1 heterocycles. The van der Waals surface area contributed by atoms with Crippen LogP contribution in [0.5, 0.6) is 5.75 Å². The molecule has 0 bridgehead atoms.